The predicted molar refractivity (Wildman–Crippen MR) is 161 cm³/mol. The number of aliphatic hydroxyl groups is 2. The van der Waals surface area contributed by atoms with Crippen molar-refractivity contribution >= 4 is 18.5 Å². The van der Waals surface area contributed by atoms with Gasteiger partial charge in [-0.2, -0.15) is 0 Å². The molecule has 0 radical (unpaired) electrons. The third-order valence-electron chi connectivity index (χ3n) is 9.53. The molecule has 0 bridgehead atoms. The molecule has 3 aliphatic rings. The number of aliphatic imine (C=N–C) groups is 1. The molecule has 3 aliphatic heterocycles. The number of carboxylic acid groups (broad SMARTS) is 1. The Morgan fingerprint density at radius 3 is 2.76 bits per heavy atom. The third-order valence-corrected chi connectivity index (χ3v) is 9.53. The number of carboxylic acids is 1. The van der Waals surface area contributed by atoms with Crippen molar-refractivity contribution in [3.63, 3.8) is 0 Å². The van der Waals surface area contributed by atoms with Crippen LogP contribution in [0.1, 0.15) is 97.3 Å². The van der Waals surface area contributed by atoms with Crippen molar-refractivity contribution in [3.05, 3.63) is 0 Å². The maximum Gasteiger partial charge on any atom is 0.306 e. The van der Waals surface area contributed by atoms with Crippen molar-refractivity contribution in [3.8, 4) is 0 Å². The van der Waals surface area contributed by atoms with Gasteiger partial charge in [-0.25, -0.2) is 0 Å². The molecular weight excluding hydrogens is 524 g/mol. The summed E-state index contributed by atoms with van der Waals surface area (Å²) in [6, 6.07) is 0.473. The fraction of sp³-hybridized carbons (Fsp3) is 0.900. The van der Waals surface area contributed by atoms with Gasteiger partial charge in [-0.1, -0.05) is 32.1 Å². The highest BCUT2D eigenvalue weighted by molar-refractivity contribution is 5.68. The van der Waals surface area contributed by atoms with Gasteiger partial charge in [0.1, 0.15) is 6.29 Å². The van der Waals surface area contributed by atoms with Crippen LogP contribution in [-0.2, 0) is 9.59 Å². The van der Waals surface area contributed by atoms with Crippen LogP contribution in [0.15, 0.2) is 4.99 Å². The lowest BCUT2D eigenvalue weighted by Crippen LogP contribution is -2.61. The minimum absolute atomic E-state index is 0.0340. The van der Waals surface area contributed by atoms with Gasteiger partial charge in [0.15, 0.2) is 0 Å². The van der Waals surface area contributed by atoms with Crippen LogP contribution in [-0.4, -0.2) is 107 Å². The average molecular weight is 581 g/mol. The molecule has 0 saturated carbocycles. The van der Waals surface area contributed by atoms with E-state index in [-0.39, 0.29) is 48.9 Å². The lowest BCUT2D eigenvalue weighted by molar-refractivity contribution is -0.143. The van der Waals surface area contributed by atoms with Crippen LogP contribution in [0, 0.1) is 5.92 Å². The number of hydrogen-bond donors (Lipinski definition) is 7. The highest BCUT2D eigenvalue weighted by atomic mass is 16.4. The zero-order valence-electron chi connectivity index (χ0n) is 25.3. The maximum absolute atomic E-state index is 11.5. The number of nitrogens with one attached hydrogen (secondary N) is 3. The molecule has 8 N–H and O–H groups in total. The SMILES string of the molecule is C[C@@H]1N[C@H](C[C@@H](CC=O)CCCCCCC[C@](O)(CN[C@@]2(C)CCN[C@@H](N)C2)CC(=O)O)[C@@H](N2CC=NC2)C[C@H]1O. The van der Waals surface area contributed by atoms with Gasteiger partial charge in [0.2, 0.25) is 0 Å². The van der Waals surface area contributed by atoms with Crippen molar-refractivity contribution in [2.45, 2.75) is 139 Å². The average Bonchev–Trinajstić information content (AvgIpc) is 3.43. The molecule has 11 heteroatoms. The van der Waals surface area contributed by atoms with Crippen LogP contribution in [0.3, 0.4) is 0 Å². The van der Waals surface area contributed by atoms with Crippen LogP contribution in [0.4, 0.5) is 0 Å². The van der Waals surface area contributed by atoms with Crippen LogP contribution in [0.5, 0.6) is 0 Å². The Bertz CT molecular complexity index is 840. The molecule has 8 atom stereocenters. The van der Waals surface area contributed by atoms with E-state index in [1.165, 1.54) is 0 Å². The molecule has 0 aliphatic carbocycles. The summed E-state index contributed by atoms with van der Waals surface area (Å²) in [6.07, 6.45) is 12.2. The summed E-state index contributed by atoms with van der Waals surface area (Å²) in [5, 5.41) is 41.3. The summed E-state index contributed by atoms with van der Waals surface area (Å²) < 4.78 is 0. The molecule has 3 rings (SSSR count). The van der Waals surface area contributed by atoms with E-state index in [2.05, 4.69) is 32.8 Å². The zero-order valence-corrected chi connectivity index (χ0v) is 25.3. The molecule has 2 saturated heterocycles. The second kappa shape index (κ2) is 16.4. The summed E-state index contributed by atoms with van der Waals surface area (Å²) in [4.78, 5) is 29.6. The predicted octanol–water partition coefficient (Wildman–Crippen LogP) is 1.36. The number of rotatable bonds is 18. The van der Waals surface area contributed by atoms with E-state index >= 15 is 0 Å². The van der Waals surface area contributed by atoms with E-state index in [1.807, 2.05) is 13.1 Å². The molecular formula is C30H56N6O5. The summed E-state index contributed by atoms with van der Waals surface area (Å²) in [7, 11) is 0. The molecule has 0 aromatic heterocycles. The van der Waals surface area contributed by atoms with E-state index in [0.29, 0.717) is 25.4 Å². The topological polar surface area (TPSA) is 173 Å². The molecule has 0 amide bonds. The molecule has 0 spiro atoms. The summed E-state index contributed by atoms with van der Waals surface area (Å²) >= 11 is 0. The van der Waals surface area contributed by atoms with Crippen molar-refractivity contribution < 1.29 is 24.9 Å². The first-order valence-electron chi connectivity index (χ1n) is 15.8. The first kappa shape index (κ1) is 34.0. The number of carbonyl (C=O) groups excluding carboxylic acids is 1. The normalized spacial score (nSPS) is 33.0. The second-order valence-electron chi connectivity index (χ2n) is 13.2. The van der Waals surface area contributed by atoms with Gasteiger partial charge < -0.3 is 41.8 Å². The van der Waals surface area contributed by atoms with Gasteiger partial charge >= 0.3 is 5.97 Å². The summed E-state index contributed by atoms with van der Waals surface area (Å²) in [5.74, 6) is -0.687. The number of carbonyl (C=O) groups is 2. The quantitative estimate of drug-likeness (QED) is 0.0927. The number of β-amino-alcohol motifs (C(OH)–C–C–N with tert-alkyl or cyclic N) is 1. The zero-order chi connectivity index (χ0) is 29.9. The number of nitrogens with two attached hydrogens (primary N) is 1. The maximum atomic E-state index is 11.5. The molecule has 2 fully saturated rings. The Labute approximate surface area is 246 Å². The standard InChI is InChI=1S/C30H56N6O5/c1-22-26(38)17-25(36-14-13-32-21-36)24(35-22)16-23(9-15-37)8-6-4-3-5-7-10-30(41,19-28(39)40)20-34-29(2)11-12-33-27(31)18-29/h13,15,22-27,33-35,38,41H,3-12,14,16-21,31H2,1-2H3,(H,39,40)/t22-,23+,24+,25-,26+,27+,29-,30+/m0/s1. The van der Waals surface area contributed by atoms with Gasteiger partial charge in [0.05, 0.1) is 31.0 Å². The van der Waals surface area contributed by atoms with Gasteiger partial charge in [-0.3, -0.25) is 14.7 Å². The Morgan fingerprint density at radius 2 is 2.07 bits per heavy atom. The first-order chi connectivity index (χ1) is 19.5. The smallest absolute Gasteiger partial charge is 0.306 e. The van der Waals surface area contributed by atoms with Crippen LogP contribution in [0.2, 0.25) is 0 Å². The molecule has 41 heavy (non-hydrogen) atoms. The molecule has 11 nitrogen and oxygen atoms in total. The van der Waals surface area contributed by atoms with Crippen molar-refractivity contribution in [1.82, 2.24) is 20.9 Å². The third kappa shape index (κ3) is 11.3. The first-order valence-corrected chi connectivity index (χ1v) is 15.8. The Hall–Kier alpha value is -1.47. The highest BCUT2D eigenvalue weighted by Gasteiger charge is 2.38. The monoisotopic (exact) mass is 580 g/mol. The minimum Gasteiger partial charge on any atom is -0.481 e. The number of unbranched alkanes of at least 4 members (excludes halogenated alkanes) is 4. The van der Waals surface area contributed by atoms with Crippen molar-refractivity contribution in [2.24, 2.45) is 16.6 Å². The number of aliphatic carboxylic acids is 1. The fourth-order valence-electron chi connectivity index (χ4n) is 6.92. The molecule has 236 valence electrons. The number of hydrogen-bond acceptors (Lipinski definition) is 10. The molecule has 0 unspecified atom stereocenters. The van der Waals surface area contributed by atoms with Crippen LogP contribution < -0.4 is 21.7 Å². The van der Waals surface area contributed by atoms with Crippen LogP contribution in [0.25, 0.3) is 0 Å². The van der Waals surface area contributed by atoms with Gasteiger partial charge in [0, 0.05) is 49.4 Å². The van der Waals surface area contributed by atoms with Crippen molar-refractivity contribution in [2.75, 3.05) is 26.3 Å². The van der Waals surface area contributed by atoms with E-state index in [1.54, 1.807) is 0 Å². The number of aliphatic hydroxyl groups excluding tert-OH is 1. The molecule has 0 aromatic rings. The van der Waals surface area contributed by atoms with E-state index in [0.717, 1.165) is 83.6 Å². The van der Waals surface area contributed by atoms with Crippen LogP contribution >= 0.6 is 0 Å². The Balaban J connectivity index is 1.39. The summed E-state index contributed by atoms with van der Waals surface area (Å²) in [5.41, 5.74) is 4.55. The van der Waals surface area contributed by atoms with Gasteiger partial charge in [-0.05, 0) is 64.8 Å². The number of nitrogens with zero attached hydrogens (tertiary/aromatic N) is 2. The lowest BCUT2D eigenvalue weighted by atomic mass is 9.83. The minimum atomic E-state index is -1.28. The molecule has 3 heterocycles. The van der Waals surface area contributed by atoms with Gasteiger partial charge in [0.25, 0.3) is 0 Å². The largest absolute Gasteiger partial charge is 0.481 e. The molecule has 0 aromatic carbocycles. The Morgan fingerprint density at radius 1 is 1.32 bits per heavy atom. The second-order valence-corrected chi connectivity index (χ2v) is 13.2. The van der Waals surface area contributed by atoms with E-state index < -0.39 is 11.6 Å². The fourth-order valence-corrected chi connectivity index (χ4v) is 6.92. The lowest BCUT2D eigenvalue weighted by Gasteiger charge is -2.44. The van der Waals surface area contributed by atoms with Gasteiger partial charge in [-0.15, -0.1) is 0 Å². The number of piperidine rings is 2. The van der Waals surface area contributed by atoms with Crippen molar-refractivity contribution in [1.29, 1.82) is 0 Å². The highest BCUT2D eigenvalue weighted by Crippen LogP contribution is 2.29. The Kier molecular flexibility index (Phi) is 13.6. The van der Waals surface area contributed by atoms with E-state index in [4.69, 9.17) is 5.73 Å². The summed E-state index contributed by atoms with van der Waals surface area (Å²) in [6.45, 7) is 6.63. The van der Waals surface area contributed by atoms with E-state index in [9.17, 15) is 24.9 Å². The number of aldehydes is 1.